The van der Waals surface area contributed by atoms with E-state index in [2.05, 4.69) is 20.5 Å². The Kier molecular flexibility index (Phi) is 7.62. The molecule has 130 valence electrons. The van der Waals surface area contributed by atoms with Crippen molar-refractivity contribution in [1.29, 1.82) is 0 Å². The summed E-state index contributed by atoms with van der Waals surface area (Å²) in [5, 5.41) is 6.32. The summed E-state index contributed by atoms with van der Waals surface area (Å²) in [5.41, 5.74) is 0. The molecule has 0 aliphatic carbocycles. The topological polar surface area (TPSA) is 73.8 Å². The monoisotopic (exact) mass is 332 g/mol. The fraction of sp³-hybridized carbons (Fsp3) is 0.933. The van der Waals surface area contributed by atoms with Crippen LogP contribution in [0.15, 0.2) is 4.99 Å². The van der Waals surface area contributed by atoms with Crippen LogP contribution in [0.5, 0.6) is 0 Å². The Hall–Kier alpha value is -0.820. The molecule has 1 rings (SSSR count). The van der Waals surface area contributed by atoms with E-state index in [0.717, 1.165) is 13.1 Å². The van der Waals surface area contributed by atoms with Crippen LogP contribution in [-0.4, -0.2) is 69.5 Å². The molecular weight excluding hydrogens is 300 g/mol. The third kappa shape index (κ3) is 6.52. The highest BCUT2D eigenvalue weighted by Gasteiger charge is 2.28. The summed E-state index contributed by atoms with van der Waals surface area (Å²) >= 11 is 0. The summed E-state index contributed by atoms with van der Waals surface area (Å²) in [6.07, 6.45) is 3.92. The smallest absolute Gasteiger partial charge is 0.191 e. The predicted octanol–water partition coefficient (Wildman–Crippen LogP) is 0.851. The van der Waals surface area contributed by atoms with Gasteiger partial charge in [-0.25, -0.2) is 8.42 Å². The van der Waals surface area contributed by atoms with Gasteiger partial charge >= 0.3 is 0 Å². The number of nitrogens with one attached hydrogen (secondary N) is 2. The summed E-state index contributed by atoms with van der Waals surface area (Å²) in [6.45, 7) is 9.75. The lowest BCUT2D eigenvalue weighted by Crippen LogP contribution is -2.44. The zero-order chi connectivity index (χ0) is 16.6. The fourth-order valence-electron chi connectivity index (χ4n) is 2.35. The van der Waals surface area contributed by atoms with Crippen molar-refractivity contribution >= 4 is 15.8 Å². The molecule has 0 atom stereocenters. The van der Waals surface area contributed by atoms with Crippen molar-refractivity contribution in [3.63, 3.8) is 0 Å². The third-order valence-electron chi connectivity index (χ3n) is 3.99. The number of likely N-dealkylation sites (tertiary alicyclic amines) is 1. The highest BCUT2D eigenvalue weighted by atomic mass is 32.2. The zero-order valence-electron chi connectivity index (χ0n) is 14.5. The highest BCUT2D eigenvalue weighted by Crippen LogP contribution is 2.15. The van der Waals surface area contributed by atoms with Crippen molar-refractivity contribution in [1.82, 2.24) is 15.5 Å². The third-order valence-corrected chi connectivity index (χ3v) is 6.60. The molecular formula is C15H32N4O2S. The largest absolute Gasteiger partial charge is 0.355 e. The fourth-order valence-corrected chi connectivity index (χ4v) is 3.33. The van der Waals surface area contributed by atoms with Crippen LogP contribution >= 0.6 is 0 Å². The quantitative estimate of drug-likeness (QED) is 0.557. The van der Waals surface area contributed by atoms with Gasteiger partial charge in [-0.3, -0.25) is 4.99 Å². The second-order valence-corrected chi connectivity index (χ2v) is 9.62. The summed E-state index contributed by atoms with van der Waals surface area (Å²) in [6, 6.07) is 0. The Bertz CT molecular complexity index is 449. The van der Waals surface area contributed by atoms with Crippen molar-refractivity contribution in [3.05, 3.63) is 0 Å². The second-order valence-electron chi connectivity index (χ2n) is 6.76. The van der Waals surface area contributed by atoms with Crippen molar-refractivity contribution in [3.8, 4) is 0 Å². The molecule has 0 unspecified atom stereocenters. The number of rotatable bonds is 6. The molecule has 0 aromatic heterocycles. The Morgan fingerprint density at radius 3 is 2.23 bits per heavy atom. The van der Waals surface area contributed by atoms with Crippen LogP contribution in [-0.2, 0) is 9.84 Å². The van der Waals surface area contributed by atoms with Gasteiger partial charge in [-0.15, -0.1) is 0 Å². The minimum absolute atomic E-state index is 0.114. The molecule has 22 heavy (non-hydrogen) atoms. The molecule has 2 N–H and O–H groups in total. The Morgan fingerprint density at radius 2 is 1.68 bits per heavy atom. The SMILES string of the molecule is CN=C(NCCN1CCCCC1)NCCS(=O)(=O)C(C)(C)C. The van der Waals surface area contributed by atoms with Gasteiger partial charge in [-0.2, -0.15) is 0 Å². The lowest BCUT2D eigenvalue weighted by Gasteiger charge is -2.26. The molecule has 7 heteroatoms. The molecule has 0 aromatic carbocycles. The second kappa shape index (κ2) is 8.72. The number of hydrogen-bond acceptors (Lipinski definition) is 4. The van der Waals surface area contributed by atoms with E-state index in [4.69, 9.17) is 0 Å². The maximum atomic E-state index is 12.0. The van der Waals surface area contributed by atoms with E-state index in [1.165, 1.54) is 32.4 Å². The van der Waals surface area contributed by atoms with Crippen LogP contribution in [0.1, 0.15) is 40.0 Å². The van der Waals surface area contributed by atoms with Crippen LogP contribution < -0.4 is 10.6 Å². The number of piperidine rings is 1. The first kappa shape index (κ1) is 19.2. The Morgan fingerprint density at radius 1 is 1.09 bits per heavy atom. The first-order valence-corrected chi connectivity index (χ1v) is 9.81. The van der Waals surface area contributed by atoms with Gasteiger partial charge in [0.05, 0.1) is 10.5 Å². The van der Waals surface area contributed by atoms with Crippen molar-refractivity contribution in [2.24, 2.45) is 4.99 Å². The van der Waals surface area contributed by atoms with Gasteiger partial charge in [-0.05, 0) is 46.7 Å². The molecule has 0 aromatic rings. The number of guanidine groups is 1. The maximum Gasteiger partial charge on any atom is 0.191 e. The lowest BCUT2D eigenvalue weighted by atomic mass is 10.1. The molecule has 1 aliphatic rings. The van der Waals surface area contributed by atoms with Crippen LogP contribution in [0.2, 0.25) is 0 Å². The van der Waals surface area contributed by atoms with Crippen LogP contribution in [0.4, 0.5) is 0 Å². The molecule has 6 nitrogen and oxygen atoms in total. The van der Waals surface area contributed by atoms with E-state index in [1.807, 2.05) is 0 Å². The van der Waals surface area contributed by atoms with E-state index in [1.54, 1.807) is 27.8 Å². The van der Waals surface area contributed by atoms with Crippen LogP contribution in [0.25, 0.3) is 0 Å². The predicted molar refractivity (Wildman–Crippen MR) is 93.2 cm³/mol. The van der Waals surface area contributed by atoms with E-state index in [-0.39, 0.29) is 5.75 Å². The molecule has 0 radical (unpaired) electrons. The number of sulfone groups is 1. The van der Waals surface area contributed by atoms with Gasteiger partial charge in [0.15, 0.2) is 15.8 Å². The minimum atomic E-state index is -3.09. The van der Waals surface area contributed by atoms with Gasteiger partial charge in [0.1, 0.15) is 0 Å². The molecule has 0 bridgehead atoms. The average Bonchev–Trinajstić information content (AvgIpc) is 2.45. The first-order chi connectivity index (χ1) is 10.3. The lowest BCUT2D eigenvalue weighted by molar-refractivity contribution is 0.232. The Balaban J connectivity index is 2.25. The normalized spacial score (nSPS) is 18.3. The first-order valence-electron chi connectivity index (χ1n) is 8.15. The van der Waals surface area contributed by atoms with Gasteiger partial charge in [-0.1, -0.05) is 6.42 Å². The molecule has 1 saturated heterocycles. The maximum absolute atomic E-state index is 12.0. The Labute approximate surface area is 135 Å². The zero-order valence-corrected chi connectivity index (χ0v) is 15.3. The van der Waals surface area contributed by atoms with Crippen LogP contribution in [0.3, 0.4) is 0 Å². The molecule has 1 aliphatic heterocycles. The standard InChI is InChI=1S/C15H32N4O2S/c1-15(2,3)22(20,21)13-9-18-14(16-4)17-8-12-19-10-6-5-7-11-19/h5-13H2,1-4H3,(H2,16,17,18). The van der Waals surface area contributed by atoms with Crippen molar-refractivity contribution in [2.75, 3.05) is 45.5 Å². The molecule has 0 saturated carbocycles. The van der Waals surface area contributed by atoms with Crippen molar-refractivity contribution < 1.29 is 8.42 Å². The summed E-state index contributed by atoms with van der Waals surface area (Å²) in [5.74, 6) is 0.782. The van der Waals surface area contributed by atoms with Crippen molar-refractivity contribution in [2.45, 2.75) is 44.8 Å². The molecule has 0 amide bonds. The van der Waals surface area contributed by atoms with Gasteiger partial charge in [0, 0.05) is 26.7 Å². The summed E-state index contributed by atoms with van der Waals surface area (Å²) in [7, 11) is -1.39. The minimum Gasteiger partial charge on any atom is -0.355 e. The van der Waals surface area contributed by atoms with Gasteiger partial charge in [0.2, 0.25) is 0 Å². The van der Waals surface area contributed by atoms with E-state index in [0.29, 0.717) is 12.5 Å². The number of hydrogen-bond donors (Lipinski definition) is 2. The molecule has 1 fully saturated rings. The van der Waals surface area contributed by atoms with Crippen LogP contribution in [0, 0.1) is 0 Å². The highest BCUT2D eigenvalue weighted by molar-refractivity contribution is 7.92. The summed E-state index contributed by atoms with van der Waals surface area (Å²) < 4.78 is 23.4. The molecule has 0 spiro atoms. The molecule has 1 heterocycles. The number of nitrogens with zero attached hydrogens (tertiary/aromatic N) is 2. The average molecular weight is 333 g/mol. The van der Waals surface area contributed by atoms with E-state index in [9.17, 15) is 8.42 Å². The number of aliphatic imine (C=N–C) groups is 1. The van der Waals surface area contributed by atoms with E-state index >= 15 is 0 Å². The summed E-state index contributed by atoms with van der Waals surface area (Å²) in [4.78, 5) is 6.59. The van der Waals surface area contributed by atoms with E-state index < -0.39 is 14.6 Å². The van der Waals surface area contributed by atoms with Gasteiger partial charge in [0.25, 0.3) is 0 Å². The van der Waals surface area contributed by atoms with Gasteiger partial charge < -0.3 is 15.5 Å².